The first-order valence-electron chi connectivity index (χ1n) is 10.5. The maximum atomic E-state index is 13.3. The summed E-state index contributed by atoms with van der Waals surface area (Å²) >= 11 is 1.70. The van der Waals surface area contributed by atoms with E-state index in [1.54, 1.807) is 36.0 Å². The van der Waals surface area contributed by atoms with E-state index >= 15 is 0 Å². The van der Waals surface area contributed by atoms with Crippen molar-refractivity contribution in [1.29, 1.82) is 0 Å². The summed E-state index contributed by atoms with van der Waals surface area (Å²) in [5, 5.41) is 2.80. The predicted octanol–water partition coefficient (Wildman–Crippen LogP) is 4.69. The first-order chi connectivity index (χ1) is 15.8. The first kappa shape index (κ1) is 24.8. The van der Waals surface area contributed by atoms with Gasteiger partial charge < -0.3 is 5.32 Å². The molecule has 0 aliphatic carbocycles. The van der Waals surface area contributed by atoms with Crippen LogP contribution in [0.5, 0.6) is 0 Å². The van der Waals surface area contributed by atoms with Gasteiger partial charge in [0, 0.05) is 18.1 Å². The molecule has 0 aliphatic heterocycles. The van der Waals surface area contributed by atoms with Crippen LogP contribution in [0.3, 0.4) is 0 Å². The van der Waals surface area contributed by atoms with Crippen molar-refractivity contribution in [1.82, 2.24) is 5.32 Å². The fraction of sp³-hybridized carbons (Fsp3) is 0.240. The first-order valence-corrected chi connectivity index (χ1v) is 13.1. The van der Waals surface area contributed by atoms with E-state index in [1.807, 2.05) is 19.1 Å². The lowest BCUT2D eigenvalue weighted by Gasteiger charge is -2.24. The van der Waals surface area contributed by atoms with Gasteiger partial charge in [-0.15, -0.1) is 0 Å². The lowest BCUT2D eigenvalue weighted by atomic mass is 10.1. The molecule has 0 aliphatic rings. The van der Waals surface area contributed by atoms with Crippen LogP contribution in [0.1, 0.15) is 16.7 Å². The standard InChI is InChI=1S/C25H27FN2O3S2/c1-19-7-11-23(12-8-19)28(33(30,31)24-13-9-22(26)10-14-24)17-25(29)27-15-16-32-18-21-6-4-3-5-20(21)2/h3-14H,15-18H2,1-2H3,(H,27,29). The van der Waals surface area contributed by atoms with E-state index in [4.69, 9.17) is 0 Å². The van der Waals surface area contributed by atoms with Crippen LogP contribution in [0.15, 0.2) is 77.7 Å². The Bertz CT molecular complexity index is 1180. The number of amides is 1. The van der Waals surface area contributed by atoms with Crippen LogP contribution in [0.2, 0.25) is 0 Å². The number of aryl methyl sites for hydroxylation is 2. The van der Waals surface area contributed by atoms with Crippen molar-refractivity contribution in [2.75, 3.05) is 23.1 Å². The molecule has 0 saturated heterocycles. The van der Waals surface area contributed by atoms with Gasteiger partial charge in [0.1, 0.15) is 12.4 Å². The van der Waals surface area contributed by atoms with Gasteiger partial charge in [0.25, 0.3) is 10.0 Å². The second kappa shape index (κ2) is 11.3. The zero-order valence-electron chi connectivity index (χ0n) is 18.6. The van der Waals surface area contributed by atoms with Crippen molar-refractivity contribution in [2.24, 2.45) is 0 Å². The molecule has 0 atom stereocenters. The monoisotopic (exact) mass is 486 g/mol. The van der Waals surface area contributed by atoms with E-state index in [0.29, 0.717) is 18.0 Å². The number of benzene rings is 3. The van der Waals surface area contributed by atoms with Gasteiger partial charge in [0.15, 0.2) is 0 Å². The molecule has 0 saturated carbocycles. The highest BCUT2D eigenvalue weighted by molar-refractivity contribution is 7.98. The summed E-state index contributed by atoms with van der Waals surface area (Å²) in [4.78, 5) is 12.5. The number of carbonyl (C=O) groups excluding carboxylic acids is 1. The molecule has 0 bridgehead atoms. The molecule has 1 N–H and O–H groups in total. The zero-order valence-corrected chi connectivity index (χ0v) is 20.3. The maximum absolute atomic E-state index is 13.3. The highest BCUT2D eigenvalue weighted by Crippen LogP contribution is 2.24. The Hall–Kier alpha value is -2.84. The van der Waals surface area contributed by atoms with Crippen molar-refractivity contribution in [2.45, 2.75) is 24.5 Å². The molecule has 3 aromatic carbocycles. The van der Waals surface area contributed by atoms with Gasteiger partial charge in [-0.05, 0) is 61.4 Å². The lowest BCUT2D eigenvalue weighted by molar-refractivity contribution is -0.119. The quantitative estimate of drug-likeness (QED) is 0.423. The highest BCUT2D eigenvalue weighted by Gasteiger charge is 2.27. The second-order valence-electron chi connectivity index (χ2n) is 7.63. The normalized spacial score (nSPS) is 11.2. The number of hydrogen-bond acceptors (Lipinski definition) is 4. The number of anilines is 1. The Labute approximate surface area is 199 Å². The average Bonchev–Trinajstić information content (AvgIpc) is 2.79. The van der Waals surface area contributed by atoms with Crippen LogP contribution in [0.4, 0.5) is 10.1 Å². The predicted molar refractivity (Wildman–Crippen MR) is 132 cm³/mol. The maximum Gasteiger partial charge on any atom is 0.264 e. The molecule has 8 heteroatoms. The van der Waals surface area contributed by atoms with Gasteiger partial charge in [0.2, 0.25) is 5.91 Å². The van der Waals surface area contributed by atoms with E-state index in [1.165, 1.54) is 23.3 Å². The minimum atomic E-state index is -4.05. The topological polar surface area (TPSA) is 66.5 Å². The Kier molecular flexibility index (Phi) is 8.52. The number of rotatable bonds is 10. The summed E-state index contributed by atoms with van der Waals surface area (Å²) in [5.41, 5.74) is 3.82. The smallest absolute Gasteiger partial charge is 0.264 e. The molecule has 1 amide bonds. The fourth-order valence-corrected chi connectivity index (χ4v) is 5.52. The molecule has 0 unspecified atom stereocenters. The van der Waals surface area contributed by atoms with E-state index in [9.17, 15) is 17.6 Å². The van der Waals surface area contributed by atoms with Crippen LogP contribution in [-0.4, -0.2) is 33.2 Å². The summed E-state index contributed by atoms with van der Waals surface area (Å²) < 4.78 is 40.9. The molecule has 0 aromatic heterocycles. The van der Waals surface area contributed by atoms with E-state index < -0.39 is 21.7 Å². The van der Waals surface area contributed by atoms with Crippen LogP contribution in [-0.2, 0) is 20.6 Å². The largest absolute Gasteiger partial charge is 0.354 e. The lowest BCUT2D eigenvalue weighted by Crippen LogP contribution is -2.41. The van der Waals surface area contributed by atoms with Crippen LogP contribution in [0.25, 0.3) is 0 Å². The number of thioether (sulfide) groups is 1. The van der Waals surface area contributed by atoms with E-state index in [0.717, 1.165) is 27.8 Å². The summed E-state index contributed by atoms with van der Waals surface area (Å²) in [7, 11) is -4.05. The SMILES string of the molecule is Cc1ccc(N(CC(=O)NCCSCc2ccccc2C)S(=O)(=O)c2ccc(F)cc2)cc1. The molecule has 3 rings (SSSR count). The molecule has 0 fully saturated rings. The Morgan fingerprint density at radius 1 is 0.970 bits per heavy atom. The van der Waals surface area contributed by atoms with Crippen molar-refractivity contribution in [3.05, 3.63) is 95.3 Å². The van der Waals surface area contributed by atoms with Gasteiger partial charge in [-0.25, -0.2) is 12.8 Å². The van der Waals surface area contributed by atoms with Crippen molar-refractivity contribution in [3.63, 3.8) is 0 Å². The van der Waals surface area contributed by atoms with Crippen molar-refractivity contribution < 1.29 is 17.6 Å². The number of nitrogens with one attached hydrogen (secondary N) is 1. The van der Waals surface area contributed by atoms with Crippen LogP contribution < -0.4 is 9.62 Å². The van der Waals surface area contributed by atoms with Crippen LogP contribution in [0, 0.1) is 19.7 Å². The number of halogens is 1. The molecule has 5 nitrogen and oxygen atoms in total. The van der Waals surface area contributed by atoms with Gasteiger partial charge in [-0.3, -0.25) is 9.10 Å². The molecular formula is C25H27FN2O3S2. The number of sulfonamides is 1. The summed E-state index contributed by atoms with van der Waals surface area (Å²) in [5.74, 6) is 0.612. The fourth-order valence-electron chi connectivity index (χ4n) is 3.16. The number of carbonyl (C=O) groups is 1. The van der Waals surface area contributed by atoms with Gasteiger partial charge >= 0.3 is 0 Å². The highest BCUT2D eigenvalue weighted by atomic mass is 32.2. The molecule has 33 heavy (non-hydrogen) atoms. The molecule has 0 heterocycles. The minimum absolute atomic E-state index is 0.0777. The van der Waals surface area contributed by atoms with Crippen molar-refractivity contribution in [3.8, 4) is 0 Å². The van der Waals surface area contributed by atoms with Gasteiger partial charge in [0.05, 0.1) is 10.6 Å². The van der Waals surface area contributed by atoms with Crippen LogP contribution >= 0.6 is 11.8 Å². The summed E-state index contributed by atoms with van der Waals surface area (Å²) in [6.45, 7) is 4.02. The Morgan fingerprint density at radius 3 is 2.30 bits per heavy atom. The molecule has 0 spiro atoms. The second-order valence-corrected chi connectivity index (χ2v) is 10.6. The summed E-state index contributed by atoms with van der Waals surface area (Å²) in [6.07, 6.45) is 0. The molecule has 174 valence electrons. The van der Waals surface area contributed by atoms with Gasteiger partial charge in [-0.1, -0.05) is 42.0 Å². The zero-order chi connectivity index (χ0) is 23.8. The number of hydrogen-bond donors (Lipinski definition) is 1. The molecule has 0 radical (unpaired) electrons. The van der Waals surface area contributed by atoms with Crippen molar-refractivity contribution >= 4 is 33.4 Å². The Balaban J connectivity index is 1.64. The Morgan fingerprint density at radius 2 is 1.64 bits per heavy atom. The summed E-state index contributed by atoms with van der Waals surface area (Å²) in [6, 6.07) is 19.6. The third kappa shape index (κ3) is 6.82. The van der Waals surface area contributed by atoms with Gasteiger partial charge in [-0.2, -0.15) is 11.8 Å². The van der Waals surface area contributed by atoms with E-state index in [-0.39, 0.29) is 11.4 Å². The minimum Gasteiger partial charge on any atom is -0.354 e. The number of nitrogens with zero attached hydrogens (tertiary/aromatic N) is 1. The average molecular weight is 487 g/mol. The molecule has 3 aromatic rings. The third-order valence-electron chi connectivity index (χ3n) is 5.10. The third-order valence-corrected chi connectivity index (χ3v) is 7.89. The van der Waals surface area contributed by atoms with E-state index in [2.05, 4.69) is 24.4 Å². The molecular weight excluding hydrogens is 459 g/mol.